The number of carbonyl (C=O) groups excluding carboxylic acids is 1. The summed E-state index contributed by atoms with van der Waals surface area (Å²) in [4.78, 5) is 28.5. The van der Waals surface area contributed by atoms with Crippen LogP contribution in [0.15, 0.2) is 43.0 Å². The molecule has 2 amide bonds. The smallest absolute Gasteiger partial charge is 0.325 e. The number of likely N-dealkylation sites (N-methyl/N-ethyl adjacent to an activating group) is 1. The lowest BCUT2D eigenvalue weighted by Gasteiger charge is -2.25. The van der Waals surface area contributed by atoms with Gasteiger partial charge < -0.3 is 14.8 Å². The Kier molecular flexibility index (Phi) is 6.01. The third kappa shape index (κ3) is 4.25. The summed E-state index contributed by atoms with van der Waals surface area (Å²) >= 11 is 5.96. The molecule has 1 N–H and O–H groups in total. The summed E-state index contributed by atoms with van der Waals surface area (Å²) in [5.74, 6) is -0.288. The molecule has 0 aliphatic carbocycles. The maximum absolute atomic E-state index is 14.6. The van der Waals surface area contributed by atoms with Gasteiger partial charge in [0.15, 0.2) is 11.6 Å². The fourth-order valence-electron chi connectivity index (χ4n) is 3.70. The number of nitrogens with zero attached hydrogens (tertiary/aromatic N) is 6. The SMILES string of the molecule is CC(C)C1CN(C)C(=O)N1c1nc(N[C@@H](C)c2cn(-c3ccc(Cl)cc3)cn2)ncc1F. The summed E-state index contributed by atoms with van der Waals surface area (Å²) in [6.45, 7) is 6.43. The second-order valence-corrected chi connectivity index (χ2v) is 8.69. The summed E-state index contributed by atoms with van der Waals surface area (Å²) < 4.78 is 16.5. The minimum absolute atomic E-state index is 0.0190. The van der Waals surface area contributed by atoms with E-state index in [1.165, 1.54) is 4.90 Å². The number of anilines is 2. The molecular weight excluding hydrogens is 433 g/mol. The lowest BCUT2D eigenvalue weighted by atomic mass is 10.0. The first-order chi connectivity index (χ1) is 15.2. The van der Waals surface area contributed by atoms with E-state index >= 15 is 0 Å². The van der Waals surface area contributed by atoms with Gasteiger partial charge in [-0.1, -0.05) is 25.4 Å². The second kappa shape index (κ2) is 8.74. The Balaban J connectivity index is 1.55. The van der Waals surface area contributed by atoms with Gasteiger partial charge in [0, 0.05) is 30.5 Å². The molecule has 0 bridgehead atoms. The van der Waals surface area contributed by atoms with Crippen LogP contribution in [0.2, 0.25) is 5.02 Å². The van der Waals surface area contributed by atoms with Crippen LogP contribution in [0.1, 0.15) is 32.5 Å². The van der Waals surface area contributed by atoms with E-state index in [-0.39, 0.29) is 35.8 Å². The normalized spacial score (nSPS) is 17.3. The van der Waals surface area contributed by atoms with Gasteiger partial charge in [-0.25, -0.2) is 19.2 Å². The van der Waals surface area contributed by atoms with E-state index in [0.717, 1.165) is 17.6 Å². The first-order valence-corrected chi connectivity index (χ1v) is 10.8. The largest absolute Gasteiger partial charge is 0.346 e. The predicted molar refractivity (Wildman–Crippen MR) is 122 cm³/mol. The van der Waals surface area contributed by atoms with Gasteiger partial charge in [0.1, 0.15) is 0 Å². The fraction of sp³-hybridized carbons (Fsp3) is 0.364. The van der Waals surface area contributed by atoms with Crippen molar-refractivity contribution in [3.63, 3.8) is 0 Å². The van der Waals surface area contributed by atoms with Crippen molar-refractivity contribution in [2.75, 3.05) is 23.8 Å². The van der Waals surface area contributed by atoms with Crippen molar-refractivity contribution in [1.82, 2.24) is 24.4 Å². The number of rotatable bonds is 6. The Morgan fingerprint density at radius 1 is 1.19 bits per heavy atom. The average Bonchev–Trinajstić information content (AvgIpc) is 3.36. The highest BCUT2D eigenvalue weighted by atomic mass is 35.5. The molecule has 10 heteroatoms. The molecule has 1 aliphatic rings. The highest BCUT2D eigenvalue weighted by Gasteiger charge is 2.40. The second-order valence-electron chi connectivity index (χ2n) is 8.26. The van der Waals surface area contributed by atoms with E-state index in [4.69, 9.17) is 11.6 Å². The van der Waals surface area contributed by atoms with Crippen LogP contribution in [0.4, 0.5) is 21.0 Å². The van der Waals surface area contributed by atoms with Gasteiger partial charge in [-0.05, 0) is 37.1 Å². The average molecular weight is 458 g/mol. The van der Waals surface area contributed by atoms with Crippen LogP contribution in [0.25, 0.3) is 5.69 Å². The van der Waals surface area contributed by atoms with Crippen LogP contribution in [0.5, 0.6) is 0 Å². The third-order valence-electron chi connectivity index (χ3n) is 5.57. The molecule has 0 radical (unpaired) electrons. The zero-order chi connectivity index (χ0) is 23.0. The van der Waals surface area contributed by atoms with Crippen molar-refractivity contribution >= 4 is 29.4 Å². The Morgan fingerprint density at radius 2 is 1.91 bits per heavy atom. The van der Waals surface area contributed by atoms with E-state index < -0.39 is 5.82 Å². The molecular formula is C22H25ClFN7O. The van der Waals surface area contributed by atoms with E-state index in [0.29, 0.717) is 11.6 Å². The third-order valence-corrected chi connectivity index (χ3v) is 5.82. The molecule has 1 saturated heterocycles. The van der Waals surface area contributed by atoms with Crippen molar-refractivity contribution in [3.05, 3.63) is 59.5 Å². The standard InChI is InChI=1S/C22H25ClFN7O/c1-13(2)19-11-29(4)22(32)31(19)20-17(24)9-25-21(28-20)27-14(3)18-10-30(12-26-18)16-7-5-15(23)6-8-16/h5-10,12-14,19H,11H2,1-4H3,(H,25,27,28)/t14-,19?/m0/s1. The lowest BCUT2D eigenvalue weighted by molar-refractivity contribution is 0.229. The van der Waals surface area contributed by atoms with Crippen molar-refractivity contribution in [2.45, 2.75) is 32.9 Å². The van der Waals surface area contributed by atoms with Gasteiger partial charge in [-0.3, -0.25) is 4.90 Å². The summed E-state index contributed by atoms with van der Waals surface area (Å²) in [6.07, 6.45) is 4.69. The van der Waals surface area contributed by atoms with E-state index in [1.807, 2.05) is 55.8 Å². The molecule has 0 saturated carbocycles. The number of halogens is 2. The van der Waals surface area contributed by atoms with E-state index in [1.54, 1.807) is 18.3 Å². The van der Waals surface area contributed by atoms with Crippen LogP contribution in [0.3, 0.4) is 0 Å². The Bertz CT molecular complexity index is 1120. The van der Waals surface area contributed by atoms with Crippen molar-refractivity contribution in [1.29, 1.82) is 0 Å². The Labute approximate surface area is 191 Å². The summed E-state index contributed by atoms with van der Waals surface area (Å²) in [6, 6.07) is 6.73. The zero-order valence-corrected chi connectivity index (χ0v) is 19.1. The molecule has 3 heterocycles. The summed E-state index contributed by atoms with van der Waals surface area (Å²) in [7, 11) is 1.70. The molecule has 1 aromatic carbocycles. The molecule has 1 aliphatic heterocycles. The Morgan fingerprint density at radius 3 is 2.59 bits per heavy atom. The van der Waals surface area contributed by atoms with Crippen molar-refractivity contribution in [2.24, 2.45) is 5.92 Å². The van der Waals surface area contributed by atoms with Gasteiger partial charge in [-0.2, -0.15) is 4.98 Å². The van der Waals surface area contributed by atoms with E-state index in [2.05, 4.69) is 20.3 Å². The highest BCUT2D eigenvalue weighted by Crippen LogP contribution is 2.29. The quantitative estimate of drug-likeness (QED) is 0.588. The fourth-order valence-corrected chi connectivity index (χ4v) is 3.83. The van der Waals surface area contributed by atoms with Crippen LogP contribution in [-0.4, -0.2) is 50.1 Å². The number of aromatic nitrogens is 4. The number of benzene rings is 1. The number of hydrogen-bond acceptors (Lipinski definition) is 5. The molecule has 2 aromatic heterocycles. The number of amides is 2. The zero-order valence-electron chi connectivity index (χ0n) is 18.3. The van der Waals surface area contributed by atoms with Crippen LogP contribution < -0.4 is 10.2 Å². The molecule has 32 heavy (non-hydrogen) atoms. The Hall–Kier alpha value is -3.20. The number of carbonyl (C=O) groups is 1. The van der Waals surface area contributed by atoms with Gasteiger partial charge in [-0.15, -0.1) is 0 Å². The first-order valence-electron chi connectivity index (χ1n) is 10.4. The maximum Gasteiger partial charge on any atom is 0.325 e. The van der Waals surface area contributed by atoms with Crippen LogP contribution in [-0.2, 0) is 0 Å². The number of hydrogen-bond donors (Lipinski definition) is 1. The van der Waals surface area contributed by atoms with Gasteiger partial charge in [0.2, 0.25) is 5.95 Å². The number of nitrogens with one attached hydrogen (secondary N) is 1. The monoisotopic (exact) mass is 457 g/mol. The predicted octanol–water partition coefficient (Wildman–Crippen LogP) is 4.52. The van der Waals surface area contributed by atoms with Gasteiger partial charge >= 0.3 is 6.03 Å². The molecule has 8 nitrogen and oxygen atoms in total. The molecule has 1 unspecified atom stereocenters. The molecule has 3 aromatic rings. The van der Waals surface area contributed by atoms with Gasteiger partial charge in [0.05, 0.1) is 30.3 Å². The van der Waals surface area contributed by atoms with E-state index in [9.17, 15) is 9.18 Å². The van der Waals surface area contributed by atoms with Crippen LogP contribution >= 0.6 is 11.6 Å². The minimum atomic E-state index is -0.635. The number of urea groups is 1. The van der Waals surface area contributed by atoms with Crippen LogP contribution in [0, 0.1) is 11.7 Å². The molecule has 2 atom stereocenters. The maximum atomic E-state index is 14.6. The molecule has 0 spiro atoms. The van der Waals surface area contributed by atoms with Crippen molar-refractivity contribution < 1.29 is 9.18 Å². The minimum Gasteiger partial charge on any atom is -0.346 e. The summed E-state index contributed by atoms with van der Waals surface area (Å²) in [5, 5.41) is 3.82. The first kappa shape index (κ1) is 22.0. The molecule has 168 valence electrons. The molecule has 1 fully saturated rings. The highest BCUT2D eigenvalue weighted by molar-refractivity contribution is 6.30. The van der Waals surface area contributed by atoms with Gasteiger partial charge in [0.25, 0.3) is 0 Å². The van der Waals surface area contributed by atoms with Crippen molar-refractivity contribution in [3.8, 4) is 5.69 Å². The lowest BCUT2D eigenvalue weighted by Crippen LogP contribution is -2.39. The number of imidazole rings is 1. The summed E-state index contributed by atoms with van der Waals surface area (Å²) in [5.41, 5.74) is 1.68. The topological polar surface area (TPSA) is 79.2 Å². The molecule has 4 rings (SSSR count).